The molecule has 3 amide bonds. The highest BCUT2D eigenvalue weighted by molar-refractivity contribution is 9.11. The van der Waals surface area contributed by atoms with Crippen molar-refractivity contribution in [1.29, 1.82) is 0 Å². The lowest BCUT2D eigenvalue weighted by atomic mass is 10.0. The Labute approximate surface area is 470 Å². The van der Waals surface area contributed by atoms with E-state index in [1.165, 1.54) is 34.8 Å². The maximum absolute atomic E-state index is 13.1. The van der Waals surface area contributed by atoms with Gasteiger partial charge < -0.3 is 31.3 Å². The van der Waals surface area contributed by atoms with Gasteiger partial charge in [0, 0.05) is 75.3 Å². The minimum absolute atomic E-state index is 0.0166. The van der Waals surface area contributed by atoms with Crippen molar-refractivity contribution in [3.63, 3.8) is 0 Å². The van der Waals surface area contributed by atoms with Gasteiger partial charge in [-0.2, -0.15) is 4.39 Å². The number of aromatic nitrogens is 3. The molecule has 0 saturated heterocycles. The zero-order valence-corrected chi connectivity index (χ0v) is 46.9. The number of amides is 3. The lowest BCUT2D eigenvalue weighted by Crippen LogP contribution is -2.27. The predicted octanol–water partition coefficient (Wildman–Crippen LogP) is 13.8. The number of carbonyl (C=O) groups excluding carboxylic acids is 3. The van der Waals surface area contributed by atoms with Crippen LogP contribution in [0.3, 0.4) is 0 Å². The molecule has 0 radical (unpaired) electrons. The number of nitrogens with one attached hydrogen (secondary N) is 3. The predicted molar refractivity (Wildman–Crippen MR) is 303 cm³/mol. The minimum atomic E-state index is -1.17. The molecule has 76 heavy (non-hydrogen) atoms. The van der Waals surface area contributed by atoms with Crippen molar-refractivity contribution in [3.8, 4) is 33.4 Å². The molecule has 9 aromatic rings. The van der Waals surface area contributed by atoms with Gasteiger partial charge in [-0.25, -0.2) is 23.9 Å². The summed E-state index contributed by atoms with van der Waals surface area (Å²) in [4.78, 5) is 80.1. The van der Waals surface area contributed by atoms with Gasteiger partial charge in [-0.05, 0) is 91.2 Å². The van der Waals surface area contributed by atoms with Gasteiger partial charge in [0.25, 0.3) is 17.7 Å². The molecule has 6 heterocycles. The van der Waals surface area contributed by atoms with Crippen molar-refractivity contribution in [1.82, 2.24) is 9.97 Å². The number of carboxylic acids is 3. The summed E-state index contributed by atoms with van der Waals surface area (Å²) in [6, 6.07) is 32.4. The van der Waals surface area contributed by atoms with Crippen LogP contribution in [0.2, 0.25) is 0 Å². The Bertz CT molecular complexity index is 3630. The first-order chi connectivity index (χ1) is 36.3. The first-order valence-electron chi connectivity index (χ1n) is 22.1. The van der Waals surface area contributed by atoms with Gasteiger partial charge in [0.05, 0.1) is 5.56 Å². The number of carboxylic acid groups (broad SMARTS) is 3. The van der Waals surface area contributed by atoms with Crippen LogP contribution >= 0.6 is 81.8 Å². The summed E-state index contributed by atoms with van der Waals surface area (Å²) in [5, 5.41) is 42.7. The molecule has 384 valence electrons. The topological polar surface area (TPSA) is 229 Å². The number of thiophene rings is 3. The molecule has 6 N–H and O–H groups in total. The van der Waals surface area contributed by atoms with Crippen molar-refractivity contribution >= 4 is 132 Å². The molecule has 0 fully saturated rings. The molecule has 0 spiro atoms. The molecule has 0 bridgehead atoms. The Balaban J connectivity index is 0.000000166. The molecule has 0 aliphatic carbocycles. The van der Waals surface area contributed by atoms with E-state index in [-0.39, 0.29) is 39.2 Å². The smallest absolute Gasteiger partial charge is 0.339 e. The third-order valence-corrected chi connectivity index (χ3v) is 15.0. The van der Waals surface area contributed by atoms with E-state index in [2.05, 4.69) is 73.7 Å². The first-order valence-corrected chi connectivity index (χ1v) is 27.1. The largest absolute Gasteiger partial charge is 0.478 e. The van der Waals surface area contributed by atoms with Crippen LogP contribution < -0.4 is 20.5 Å². The number of aryl methyl sites for hydroxylation is 3. The van der Waals surface area contributed by atoms with E-state index in [9.17, 15) is 48.5 Å². The fourth-order valence-corrected chi connectivity index (χ4v) is 10.8. The number of nitrogens with zero attached hydrogens (tertiary/aromatic N) is 3. The quantitative estimate of drug-likeness (QED) is 0.0498. The average Bonchev–Trinajstić information content (AvgIpc) is 4.14. The number of aromatic carboxylic acids is 3. The Morgan fingerprint density at radius 3 is 1.21 bits per heavy atom. The fraction of sp³-hybridized carbons (Fsp3) is 0.0556. The number of rotatable bonds is 12. The standard InChI is InChI=1S/C19H15BrN2O3S.C18H13BrN2O3S.C17H10BrFN2O3S/c1-10-7-13(8-11(2)21-10)17(23)22-18-16(19(24)25)15(9-26-18)12-3-5-14(20)6-4-12;1-21-8-6-12(7-9-21)16(22)20-17-15(18(23)24)14(10-25-17)11-2-4-13(19)5-3-11;18-10-6-4-9(5-7-10)11-8-25-16(14(11)17(23)24)21-15(22)12-2-1-3-13(19)20-12/h3-9H,1-2H3,(H,22,23)(H,24,25);2-10H,1H3,(H-,20,22,23,24);1-8H,(H,21,22)(H,23,24)/p+1. The zero-order valence-electron chi connectivity index (χ0n) is 39.7. The molecule has 0 aliphatic rings. The minimum Gasteiger partial charge on any atom is -0.478 e. The van der Waals surface area contributed by atoms with Gasteiger partial charge in [0.2, 0.25) is 5.95 Å². The van der Waals surface area contributed by atoms with Crippen LogP contribution in [0.25, 0.3) is 33.4 Å². The summed E-state index contributed by atoms with van der Waals surface area (Å²) >= 11 is 13.5. The van der Waals surface area contributed by atoms with Gasteiger partial charge in [-0.3, -0.25) is 19.4 Å². The molecule has 0 aliphatic heterocycles. The number of anilines is 3. The number of halogens is 4. The molecular weight excluding hydrogens is 1230 g/mol. The maximum Gasteiger partial charge on any atom is 0.339 e. The zero-order chi connectivity index (χ0) is 54.8. The molecule has 9 rings (SSSR count). The van der Waals surface area contributed by atoms with Crippen molar-refractivity contribution in [2.45, 2.75) is 13.8 Å². The fourth-order valence-electron chi connectivity index (χ4n) is 7.18. The van der Waals surface area contributed by atoms with E-state index >= 15 is 0 Å². The lowest BCUT2D eigenvalue weighted by Gasteiger charge is -2.07. The van der Waals surface area contributed by atoms with Gasteiger partial charge in [0.15, 0.2) is 12.4 Å². The molecular formula is C54H39Br3FN6O9S3+. The van der Waals surface area contributed by atoms with Crippen LogP contribution in [-0.4, -0.2) is 60.9 Å². The number of hydrogen-bond acceptors (Lipinski definition) is 11. The van der Waals surface area contributed by atoms with E-state index in [0.717, 1.165) is 53.3 Å². The Morgan fingerprint density at radius 2 is 0.855 bits per heavy atom. The summed E-state index contributed by atoms with van der Waals surface area (Å²) in [6.45, 7) is 3.62. The molecule has 0 unspecified atom stereocenters. The van der Waals surface area contributed by atoms with E-state index in [1.807, 2.05) is 74.0 Å². The SMILES string of the molecule is C[n+]1ccc(C(=O)Nc2scc(-c3ccc(Br)cc3)c2C(=O)O)cc1.Cc1cc(C(=O)Nc2scc(-c3ccc(Br)cc3)c2C(=O)O)cc(C)n1.O=C(Nc1scc(-c2ccc(Br)cc2)c1C(=O)O)c1cccc(F)n1. The maximum atomic E-state index is 13.1. The number of pyridine rings is 3. The summed E-state index contributed by atoms with van der Waals surface area (Å²) in [5.41, 5.74) is 6.34. The van der Waals surface area contributed by atoms with E-state index in [0.29, 0.717) is 43.4 Å². The number of carbonyl (C=O) groups is 6. The normalized spacial score (nSPS) is 10.5. The number of hydrogen-bond donors (Lipinski definition) is 6. The first kappa shape index (κ1) is 56.1. The van der Waals surface area contributed by atoms with Gasteiger partial charge >= 0.3 is 17.9 Å². The Hall–Kier alpha value is -7.60. The van der Waals surface area contributed by atoms with Gasteiger partial charge in [-0.15, -0.1) is 34.0 Å². The third kappa shape index (κ3) is 14.2. The van der Waals surface area contributed by atoms with E-state index in [1.54, 1.807) is 77.1 Å². The highest BCUT2D eigenvalue weighted by Gasteiger charge is 2.25. The second-order valence-electron chi connectivity index (χ2n) is 16.1. The van der Waals surface area contributed by atoms with Crippen molar-refractivity contribution in [2.24, 2.45) is 7.05 Å². The van der Waals surface area contributed by atoms with E-state index < -0.39 is 29.8 Å². The molecule has 0 atom stereocenters. The molecule has 15 nitrogen and oxygen atoms in total. The van der Waals surface area contributed by atoms with Gasteiger partial charge in [0.1, 0.15) is 44.4 Å². The summed E-state index contributed by atoms with van der Waals surface area (Å²) in [7, 11) is 1.86. The van der Waals surface area contributed by atoms with Crippen LogP contribution in [-0.2, 0) is 7.05 Å². The van der Waals surface area contributed by atoms with Crippen molar-refractivity contribution in [3.05, 3.63) is 208 Å². The number of benzene rings is 3. The molecule has 3 aromatic carbocycles. The van der Waals surface area contributed by atoms with Crippen LogP contribution in [0.5, 0.6) is 0 Å². The average molecular weight is 1270 g/mol. The molecule has 22 heteroatoms. The van der Waals surface area contributed by atoms with E-state index in [4.69, 9.17) is 0 Å². The van der Waals surface area contributed by atoms with Crippen LogP contribution in [0.15, 0.2) is 157 Å². The lowest BCUT2D eigenvalue weighted by molar-refractivity contribution is -0.671. The Kier molecular flexibility index (Phi) is 18.7. The molecule has 6 aromatic heterocycles. The molecule has 0 saturated carbocycles. The van der Waals surface area contributed by atoms with Crippen molar-refractivity contribution in [2.75, 3.05) is 16.0 Å². The van der Waals surface area contributed by atoms with Crippen LogP contribution in [0.4, 0.5) is 19.4 Å². The van der Waals surface area contributed by atoms with Crippen molar-refractivity contribution < 1.29 is 53.0 Å². The highest BCUT2D eigenvalue weighted by atomic mass is 79.9. The highest BCUT2D eigenvalue weighted by Crippen LogP contribution is 2.39. The van der Waals surface area contributed by atoms with Gasteiger partial charge in [-0.1, -0.05) is 90.3 Å². The van der Waals surface area contributed by atoms with Crippen LogP contribution in [0, 0.1) is 19.8 Å². The summed E-state index contributed by atoms with van der Waals surface area (Å²) in [6.07, 6.45) is 3.52. The summed E-state index contributed by atoms with van der Waals surface area (Å²) in [5.74, 6) is -5.48. The Morgan fingerprint density at radius 1 is 0.500 bits per heavy atom. The van der Waals surface area contributed by atoms with Crippen LogP contribution in [0.1, 0.15) is 73.7 Å². The summed E-state index contributed by atoms with van der Waals surface area (Å²) < 4.78 is 17.6. The monoisotopic (exact) mass is 1270 g/mol. The third-order valence-electron chi connectivity index (χ3n) is 10.7. The second-order valence-corrected chi connectivity index (χ2v) is 21.5. The second kappa shape index (κ2) is 25.3.